The highest BCUT2D eigenvalue weighted by atomic mass is 32.2. The fraction of sp³-hybridized carbons (Fsp3) is 0.840. The Morgan fingerprint density at radius 3 is 1.34 bits per heavy atom. The first kappa shape index (κ1) is 25.3. The summed E-state index contributed by atoms with van der Waals surface area (Å²) in [5.74, 6) is 0.933. The van der Waals surface area contributed by atoms with E-state index in [1.807, 2.05) is 0 Å². The molecule has 2 saturated carbocycles. The van der Waals surface area contributed by atoms with Crippen molar-refractivity contribution in [3.8, 4) is 17.5 Å². The largest absolute Gasteiger partial charge is 0.487 e. The molecule has 4 saturated heterocycles. The van der Waals surface area contributed by atoms with Gasteiger partial charge in [-0.05, 0) is 51.4 Å². The van der Waals surface area contributed by atoms with E-state index in [1.54, 1.807) is 8.61 Å². The van der Waals surface area contributed by atoms with Crippen LogP contribution in [-0.2, 0) is 20.0 Å². The van der Waals surface area contributed by atoms with Gasteiger partial charge in [-0.2, -0.15) is 18.6 Å². The van der Waals surface area contributed by atoms with Crippen molar-refractivity contribution in [2.24, 2.45) is 0 Å². The Bertz CT molecular complexity index is 1180. The van der Waals surface area contributed by atoms with Crippen LogP contribution >= 0.6 is 0 Å². The van der Waals surface area contributed by atoms with Crippen LogP contribution in [0.4, 0.5) is 0 Å². The molecular formula is C25H36N4O7S2. The molecule has 210 valence electrons. The lowest BCUT2D eigenvalue weighted by Gasteiger charge is -2.38. The molecule has 0 spiro atoms. The van der Waals surface area contributed by atoms with Crippen LogP contribution in [0.1, 0.15) is 77.0 Å². The summed E-state index contributed by atoms with van der Waals surface area (Å²) < 4.78 is 73.7. The predicted molar refractivity (Wildman–Crippen MR) is 137 cm³/mol. The van der Waals surface area contributed by atoms with Gasteiger partial charge >= 0.3 is 0 Å². The van der Waals surface area contributed by atoms with Crippen LogP contribution in [0.5, 0.6) is 17.5 Å². The lowest BCUT2D eigenvalue weighted by atomic mass is 10.0. The molecule has 6 aliphatic rings. The highest BCUT2D eigenvalue weighted by Crippen LogP contribution is 2.46. The van der Waals surface area contributed by atoms with Crippen LogP contribution in [0.3, 0.4) is 0 Å². The molecule has 7 rings (SSSR count). The molecule has 4 bridgehead atoms. The topological polar surface area (TPSA) is 128 Å². The number of rotatable bonds is 9. The first-order valence-corrected chi connectivity index (χ1v) is 17.0. The number of piperidine rings is 2. The summed E-state index contributed by atoms with van der Waals surface area (Å²) in [5, 5.41) is -0.388. The normalized spacial score (nSPS) is 35.8. The van der Waals surface area contributed by atoms with E-state index in [9.17, 15) is 16.8 Å². The SMILES string of the molecule is COc1c(OC2C[C@H]3CC[C@H](C2)N3S(=O)(=O)C2CC2)ncnc1OC1C[C@@H]2CC[C@@H](C1)N2S(=O)(=O)C1CC1. The van der Waals surface area contributed by atoms with E-state index in [1.165, 1.54) is 13.4 Å². The number of fused-ring (bicyclic) bond motifs is 4. The average Bonchev–Trinajstić information content (AvgIpc) is 3.79. The summed E-state index contributed by atoms with van der Waals surface area (Å²) in [6.45, 7) is 0. The maximum atomic E-state index is 13.0. The molecule has 38 heavy (non-hydrogen) atoms. The Morgan fingerprint density at radius 2 is 1.03 bits per heavy atom. The van der Waals surface area contributed by atoms with Gasteiger partial charge in [-0.15, -0.1) is 0 Å². The van der Waals surface area contributed by atoms with Crippen molar-refractivity contribution in [2.75, 3.05) is 7.11 Å². The quantitative estimate of drug-likeness (QED) is 0.440. The highest BCUT2D eigenvalue weighted by molar-refractivity contribution is 7.90. The molecule has 1 aromatic heterocycles. The zero-order valence-corrected chi connectivity index (χ0v) is 23.3. The molecule has 0 radical (unpaired) electrons. The van der Waals surface area contributed by atoms with Gasteiger partial charge in [0, 0.05) is 49.9 Å². The molecule has 0 aromatic carbocycles. The Morgan fingerprint density at radius 1 is 0.658 bits per heavy atom. The maximum Gasteiger partial charge on any atom is 0.264 e. The zero-order chi connectivity index (χ0) is 26.2. The fourth-order valence-corrected chi connectivity index (χ4v) is 11.8. The minimum absolute atomic E-state index is 0.0273. The Balaban J connectivity index is 1.03. The molecule has 1 aromatic rings. The summed E-state index contributed by atoms with van der Waals surface area (Å²) >= 11 is 0. The van der Waals surface area contributed by atoms with Crippen LogP contribution in [0, 0.1) is 0 Å². The van der Waals surface area contributed by atoms with Gasteiger partial charge in [-0.1, -0.05) is 0 Å². The molecule has 4 aliphatic heterocycles. The summed E-state index contributed by atoms with van der Waals surface area (Å²) in [6.07, 6.45) is 10.1. The molecule has 0 amide bonds. The lowest BCUT2D eigenvalue weighted by Crippen LogP contribution is -2.50. The van der Waals surface area contributed by atoms with Crippen molar-refractivity contribution in [1.82, 2.24) is 18.6 Å². The first-order chi connectivity index (χ1) is 18.3. The minimum atomic E-state index is -3.21. The van der Waals surface area contributed by atoms with Gasteiger partial charge in [-0.3, -0.25) is 0 Å². The number of hydrogen-bond acceptors (Lipinski definition) is 9. The maximum absolute atomic E-state index is 13.0. The van der Waals surface area contributed by atoms with E-state index in [4.69, 9.17) is 14.2 Å². The van der Waals surface area contributed by atoms with Crippen molar-refractivity contribution < 1.29 is 31.0 Å². The van der Waals surface area contributed by atoms with Gasteiger partial charge in [0.05, 0.1) is 17.6 Å². The van der Waals surface area contributed by atoms with E-state index in [0.29, 0.717) is 43.2 Å². The number of nitrogens with zero attached hydrogens (tertiary/aromatic N) is 4. The van der Waals surface area contributed by atoms with Crippen molar-refractivity contribution >= 4 is 20.0 Å². The van der Waals surface area contributed by atoms with Crippen molar-refractivity contribution in [3.05, 3.63) is 6.33 Å². The van der Waals surface area contributed by atoms with E-state index in [0.717, 1.165) is 51.4 Å². The third-order valence-electron chi connectivity index (χ3n) is 9.22. The van der Waals surface area contributed by atoms with E-state index >= 15 is 0 Å². The van der Waals surface area contributed by atoms with Crippen molar-refractivity contribution in [2.45, 2.75) is 124 Å². The number of sulfonamides is 2. The lowest BCUT2D eigenvalue weighted by molar-refractivity contribution is 0.0790. The monoisotopic (exact) mass is 568 g/mol. The zero-order valence-electron chi connectivity index (χ0n) is 21.6. The fourth-order valence-electron chi connectivity index (χ4n) is 7.27. The second kappa shape index (κ2) is 9.17. The summed E-state index contributed by atoms with van der Waals surface area (Å²) in [5.41, 5.74) is 0. The molecule has 0 unspecified atom stereocenters. The summed E-state index contributed by atoms with van der Waals surface area (Å²) in [7, 11) is -4.89. The molecule has 13 heteroatoms. The number of hydrogen-bond donors (Lipinski definition) is 0. The van der Waals surface area contributed by atoms with Gasteiger partial charge < -0.3 is 14.2 Å². The van der Waals surface area contributed by atoms with E-state index < -0.39 is 20.0 Å². The van der Waals surface area contributed by atoms with Crippen molar-refractivity contribution in [1.29, 1.82) is 0 Å². The van der Waals surface area contributed by atoms with Gasteiger partial charge in [0.15, 0.2) is 0 Å². The Hall–Kier alpha value is -1.70. The van der Waals surface area contributed by atoms with Crippen LogP contribution in [-0.4, -0.2) is 89.4 Å². The number of ether oxygens (including phenoxy) is 3. The average molecular weight is 569 g/mol. The Kier molecular flexibility index (Phi) is 6.10. The van der Waals surface area contributed by atoms with Crippen LogP contribution in [0.15, 0.2) is 6.33 Å². The van der Waals surface area contributed by atoms with Crippen molar-refractivity contribution in [3.63, 3.8) is 0 Å². The van der Waals surface area contributed by atoms with Crippen LogP contribution in [0.25, 0.3) is 0 Å². The summed E-state index contributed by atoms with van der Waals surface area (Å²) in [4.78, 5) is 8.66. The summed E-state index contributed by atoms with van der Waals surface area (Å²) in [6, 6.07) is -0.109. The van der Waals surface area contributed by atoms with Crippen LogP contribution in [0.2, 0.25) is 0 Å². The third-order valence-corrected chi connectivity index (χ3v) is 14.2. The van der Waals surface area contributed by atoms with Crippen LogP contribution < -0.4 is 14.2 Å². The van der Waals surface area contributed by atoms with Gasteiger partial charge in [-0.25, -0.2) is 16.8 Å². The van der Waals surface area contributed by atoms with Gasteiger partial charge in [0.1, 0.15) is 18.5 Å². The molecular weight excluding hydrogens is 532 g/mol. The first-order valence-electron chi connectivity index (χ1n) is 14.0. The molecule has 11 nitrogen and oxygen atoms in total. The van der Waals surface area contributed by atoms with E-state index in [-0.39, 0.29) is 46.9 Å². The molecule has 0 N–H and O–H groups in total. The minimum Gasteiger partial charge on any atom is -0.487 e. The second-order valence-electron chi connectivity index (χ2n) is 11.9. The second-order valence-corrected chi connectivity index (χ2v) is 16.1. The number of aromatic nitrogens is 2. The highest BCUT2D eigenvalue weighted by Gasteiger charge is 2.53. The molecule has 2 aliphatic carbocycles. The standard InChI is InChI=1S/C25H36N4O7S2/c1-34-23-24(35-19-10-15-2-3-16(11-19)28(15)37(30,31)21-6-7-21)26-14-27-25(23)36-20-12-17-4-5-18(13-20)29(17)38(32,33)22-8-9-22/h14-22H,2-13H2,1H3/t15-,16-,17+,18+. The molecule has 6 fully saturated rings. The smallest absolute Gasteiger partial charge is 0.264 e. The Labute approximate surface area is 224 Å². The predicted octanol–water partition coefficient (Wildman–Crippen LogP) is 2.22. The number of methoxy groups -OCH3 is 1. The third kappa shape index (κ3) is 4.28. The van der Waals surface area contributed by atoms with Gasteiger partial charge in [0.25, 0.3) is 11.8 Å². The molecule has 5 heterocycles. The van der Waals surface area contributed by atoms with E-state index in [2.05, 4.69) is 9.97 Å². The van der Waals surface area contributed by atoms with Gasteiger partial charge in [0.2, 0.25) is 25.8 Å². The molecule has 4 atom stereocenters.